The first-order valence-corrected chi connectivity index (χ1v) is 7.83. The summed E-state index contributed by atoms with van der Waals surface area (Å²) in [6, 6.07) is 7.29. The summed E-state index contributed by atoms with van der Waals surface area (Å²) < 4.78 is 6.09. The summed E-state index contributed by atoms with van der Waals surface area (Å²) in [6.45, 7) is 13.0. The Morgan fingerprint density at radius 1 is 1.30 bits per heavy atom. The Morgan fingerprint density at radius 3 is 2.60 bits per heavy atom. The van der Waals surface area contributed by atoms with E-state index in [0.29, 0.717) is 5.92 Å². The zero-order chi connectivity index (χ0) is 14.8. The van der Waals surface area contributed by atoms with Crippen LogP contribution in [0.25, 0.3) is 0 Å². The Kier molecular flexibility index (Phi) is 4.74. The lowest BCUT2D eigenvalue weighted by Gasteiger charge is -2.24. The van der Waals surface area contributed by atoms with Gasteiger partial charge in [0.2, 0.25) is 0 Å². The highest BCUT2D eigenvalue weighted by molar-refractivity contribution is 5.41. The van der Waals surface area contributed by atoms with Crippen LogP contribution >= 0.6 is 0 Å². The highest BCUT2D eigenvalue weighted by Crippen LogP contribution is 2.32. The van der Waals surface area contributed by atoms with E-state index in [1.165, 1.54) is 24.0 Å². The second kappa shape index (κ2) is 6.17. The third-order valence-electron chi connectivity index (χ3n) is 3.80. The van der Waals surface area contributed by atoms with Gasteiger partial charge in [-0.25, -0.2) is 0 Å². The smallest absolute Gasteiger partial charge is 0.123 e. The molecule has 1 saturated carbocycles. The maximum atomic E-state index is 6.09. The van der Waals surface area contributed by atoms with Crippen molar-refractivity contribution in [1.29, 1.82) is 0 Å². The molecule has 112 valence electrons. The molecule has 1 aliphatic rings. The first-order valence-electron chi connectivity index (χ1n) is 7.83. The van der Waals surface area contributed by atoms with Gasteiger partial charge in [-0.3, -0.25) is 0 Å². The fraction of sp³-hybridized carbons (Fsp3) is 0.667. The van der Waals surface area contributed by atoms with E-state index >= 15 is 0 Å². The van der Waals surface area contributed by atoms with Gasteiger partial charge < -0.3 is 10.1 Å². The van der Waals surface area contributed by atoms with Crippen molar-refractivity contribution in [3.05, 3.63) is 29.3 Å². The monoisotopic (exact) mass is 275 g/mol. The van der Waals surface area contributed by atoms with Gasteiger partial charge in [-0.1, -0.05) is 45.4 Å². The van der Waals surface area contributed by atoms with Gasteiger partial charge in [-0.15, -0.1) is 0 Å². The number of ether oxygens (including phenoxy) is 1. The molecule has 1 aromatic rings. The molecule has 2 heteroatoms. The number of aryl methyl sites for hydroxylation is 1. The van der Waals surface area contributed by atoms with Crippen LogP contribution < -0.4 is 10.1 Å². The second-order valence-electron chi connectivity index (χ2n) is 7.35. The molecule has 0 heterocycles. The lowest BCUT2D eigenvalue weighted by molar-refractivity contribution is 0.250. The first-order chi connectivity index (χ1) is 9.36. The van der Waals surface area contributed by atoms with Crippen molar-refractivity contribution in [2.45, 2.75) is 58.9 Å². The van der Waals surface area contributed by atoms with Crippen LogP contribution in [-0.2, 0) is 5.41 Å². The molecular formula is C18H29NO. The van der Waals surface area contributed by atoms with E-state index in [2.05, 4.69) is 58.1 Å². The van der Waals surface area contributed by atoms with Crippen molar-refractivity contribution in [1.82, 2.24) is 5.32 Å². The van der Waals surface area contributed by atoms with Crippen LogP contribution in [0.2, 0.25) is 0 Å². The number of benzene rings is 1. The Balaban J connectivity index is 1.94. The van der Waals surface area contributed by atoms with Gasteiger partial charge in [-0.2, -0.15) is 0 Å². The number of hydrogen-bond acceptors (Lipinski definition) is 2. The molecule has 2 rings (SSSR count). The number of rotatable bonds is 6. The van der Waals surface area contributed by atoms with E-state index in [1.54, 1.807) is 0 Å². The summed E-state index contributed by atoms with van der Waals surface area (Å²) in [6.07, 6.45) is 2.69. The summed E-state index contributed by atoms with van der Waals surface area (Å²) >= 11 is 0. The third-order valence-corrected chi connectivity index (χ3v) is 3.80. The number of nitrogens with one attached hydrogen (secondary N) is 1. The Morgan fingerprint density at radius 2 is 2.00 bits per heavy atom. The van der Waals surface area contributed by atoms with E-state index in [-0.39, 0.29) is 5.41 Å². The molecule has 1 unspecified atom stereocenters. The molecule has 1 aromatic carbocycles. The zero-order valence-corrected chi connectivity index (χ0v) is 13.6. The standard InChI is InChI=1S/C18H29NO/c1-13-6-9-17(16(10-13)18(3,4)5)20-12-14(2)11-19-15-7-8-15/h6,9-10,14-15,19H,7-8,11-12H2,1-5H3. The minimum absolute atomic E-state index is 0.122. The van der Waals surface area contributed by atoms with Crippen molar-refractivity contribution < 1.29 is 4.74 Å². The predicted molar refractivity (Wildman–Crippen MR) is 85.6 cm³/mol. The van der Waals surface area contributed by atoms with Crippen LogP contribution in [0.15, 0.2) is 18.2 Å². The largest absolute Gasteiger partial charge is 0.493 e. The van der Waals surface area contributed by atoms with E-state index < -0.39 is 0 Å². The minimum atomic E-state index is 0.122. The van der Waals surface area contributed by atoms with E-state index in [4.69, 9.17) is 4.74 Å². The average Bonchev–Trinajstić information content (AvgIpc) is 3.17. The number of hydrogen-bond donors (Lipinski definition) is 1. The van der Waals surface area contributed by atoms with Gasteiger partial charge in [0.05, 0.1) is 6.61 Å². The Bertz CT molecular complexity index is 443. The second-order valence-corrected chi connectivity index (χ2v) is 7.35. The summed E-state index contributed by atoms with van der Waals surface area (Å²) in [7, 11) is 0. The van der Waals surface area contributed by atoms with E-state index in [9.17, 15) is 0 Å². The topological polar surface area (TPSA) is 21.3 Å². The Labute approximate surface area is 123 Å². The lowest BCUT2D eigenvalue weighted by Crippen LogP contribution is -2.27. The molecule has 1 N–H and O–H groups in total. The molecule has 20 heavy (non-hydrogen) atoms. The summed E-state index contributed by atoms with van der Waals surface area (Å²) in [5.41, 5.74) is 2.72. The van der Waals surface area contributed by atoms with Crippen LogP contribution in [0.1, 0.15) is 51.7 Å². The van der Waals surface area contributed by atoms with Gasteiger partial charge in [0, 0.05) is 18.5 Å². The summed E-state index contributed by atoms with van der Waals surface area (Å²) in [5.74, 6) is 1.59. The maximum Gasteiger partial charge on any atom is 0.123 e. The molecule has 2 nitrogen and oxygen atoms in total. The van der Waals surface area contributed by atoms with Crippen molar-refractivity contribution in [3.63, 3.8) is 0 Å². The average molecular weight is 275 g/mol. The van der Waals surface area contributed by atoms with Crippen LogP contribution in [0, 0.1) is 12.8 Å². The molecule has 0 saturated heterocycles. The zero-order valence-electron chi connectivity index (χ0n) is 13.6. The molecule has 1 fully saturated rings. The molecule has 0 aliphatic heterocycles. The van der Waals surface area contributed by atoms with Gasteiger partial charge in [0.1, 0.15) is 5.75 Å². The van der Waals surface area contributed by atoms with Crippen molar-refractivity contribution in [2.75, 3.05) is 13.2 Å². The molecule has 0 spiro atoms. The van der Waals surface area contributed by atoms with Gasteiger partial charge in [0.15, 0.2) is 0 Å². The van der Waals surface area contributed by atoms with Gasteiger partial charge >= 0.3 is 0 Å². The van der Waals surface area contributed by atoms with Crippen molar-refractivity contribution in [2.24, 2.45) is 5.92 Å². The minimum Gasteiger partial charge on any atom is -0.493 e. The Hall–Kier alpha value is -1.02. The molecule has 1 atom stereocenters. The van der Waals surface area contributed by atoms with E-state index in [0.717, 1.165) is 24.9 Å². The van der Waals surface area contributed by atoms with Crippen LogP contribution in [0.3, 0.4) is 0 Å². The summed E-state index contributed by atoms with van der Waals surface area (Å²) in [5, 5.41) is 3.57. The molecule has 1 aliphatic carbocycles. The highest BCUT2D eigenvalue weighted by atomic mass is 16.5. The fourth-order valence-electron chi connectivity index (χ4n) is 2.30. The molecule has 0 aromatic heterocycles. The van der Waals surface area contributed by atoms with Crippen molar-refractivity contribution in [3.8, 4) is 5.75 Å². The molecular weight excluding hydrogens is 246 g/mol. The maximum absolute atomic E-state index is 6.09. The lowest BCUT2D eigenvalue weighted by atomic mass is 9.85. The van der Waals surface area contributed by atoms with Gasteiger partial charge in [0.25, 0.3) is 0 Å². The van der Waals surface area contributed by atoms with Crippen LogP contribution in [0.5, 0.6) is 5.75 Å². The van der Waals surface area contributed by atoms with Gasteiger partial charge in [-0.05, 0) is 36.8 Å². The fourth-order valence-corrected chi connectivity index (χ4v) is 2.30. The van der Waals surface area contributed by atoms with E-state index in [1.807, 2.05) is 0 Å². The van der Waals surface area contributed by atoms with Crippen molar-refractivity contribution >= 4 is 0 Å². The first kappa shape index (κ1) is 15.4. The normalized spacial score (nSPS) is 17.1. The summed E-state index contributed by atoms with van der Waals surface area (Å²) in [4.78, 5) is 0. The molecule has 0 amide bonds. The molecule has 0 radical (unpaired) electrons. The SMILES string of the molecule is Cc1ccc(OCC(C)CNC2CC2)c(C(C)(C)C)c1. The molecule has 0 bridgehead atoms. The van der Waals surface area contributed by atoms with Crippen LogP contribution in [0.4, 0.5) is 0 Å². The van der Waals surface area contributed by atoms with Crippen LogP contribution in [-0.4, -0.2) is 19.2 Å². The highest BCUT2D eigenvalue weighted by Gasteiger charge is 2.22. The third kappa shape index (κ3) is 4.52. The predicted octanol–water partition coefficient (Wildman–Crippen LogP) is 4.06. The quantitative estimate of drug-likeness (QED) is 0.845.